The van der Waals surface area contributed by atoms with Gasteiger partial charge in [-0.2, -0.15) is 23.4 Å². The summed E-state index contributed by atoms with van der Waals surface area (Å²) in [4.78, 5) is 0. The first-order valence-electron chi connectivity index (χ1n) is 5.88. The van der Waals surface area contributed by atoms with Crippen LogP contribution in [0.25, 0.3) is 0 Å². The van der Waals surface area contributed by atoms with Crippen molar-refractivity contribution in [2.24, 2.45) is 7.05 Å². The summed E-state index contributed by atoms with van der Waals surface area (Å²) in [6.45, 7) is 0.253. The molecule has 0 aliphatic heterocycles. The van der Waals surface area contributed by atoms with Crippen molar-refractivity contribution in [3.8, 4) is 0 Å². The summed E-state index contributed by atoms with van der Waals surface area (Å²) < 4.78 is 40.8. The zero-order valence-electron chi connectivity index (χ0n) is 10.7. The zero-order chi connectivity index (χ0) is 14.8. The second-order valence-electron chi connectivity index (χ2n) is 4.18. The largest absolute Gasteiger partial charge is 0.433 e. The molecule has 0 aromatic carbocycles. The summed E-state index contributed by atoms with van der Waals surface area (Å²) >= 11 is 0. The third kappa shape index (κ3) is 3.10. The van der Waals surface area contributed by atoms with E-state index >= 15 is 0 Å². The van der Waals surface area contributed by atoms with Gasteiger partial charge in [0.25, 0.3) is 0 Å². The number of nitrogens with zero attached hydrogens (tertiary/aromatic N) is 4. The predicted octanol–water partition coefficient (Wildman–Crippen LogP) is 1.24. The fourth-order valence-corrected chi connectivity index (χ4v) is 1.85. The van der Waals surface area contributed by atoms with E-state index in [4.69, 9.17) is 5.11 Å². The fraction of sp³-hybridized carbons (Fsp3) is 0.455. The van der Waals surface area contributed by atoms with E-state index in [2.05, 4.69) is 15.5 Å². The Morgan fingerprint density at radius 2 is 2.15 bits per heavy atom. The van der Waals surface area contributed by atoms with Gasteiger partial charge in [0.15, 0.2) is 0 Å². The standard InChI is InChI=1S/C11H14F3N5O/c1-18-10(11(12,13)14)8(7-16-18)6-15-9-2-3-19(17-9)4-5-20/h2-3,7,20H,4-6H2,1H3,(H,15,17). The highest BCUT2D eigenvalue weighted by Gasteiger charge is 2.37. The topological polar surface area (TPSA) is 67.9 Å². The molecule has 0 aliphatic carbocycles. The average molecular weight is 289 g/mol. The molecule has 0 radical (unpaired) electrons. The highest BCUT2D eigenvalue weighted by Crippen LogP contribution is 2.31. The summed E-state index contributed by atoms with van der Waals surface area (Å²) in [5.74, 6) is 0.440. The minimum absolute atomic E-state index is 0.0289. The number of hydrogen-bond donors (Lipinski definition) is 2. The Hall–Kier alpha value is -2.03. The Kier molecular flexibility index (Phi) is 3.98. The summed E-state index contributed by atoms with van der Waals surface area (Å²) in [6, 6.07) is 1.62. The Labute approximate surface area is 112 Å². The van der Waals surface area contributed by atoms with E-state index < -0.39 is 11.9 Å². The molecule has 20 heavy (non-hydrogen) atoms. The molecule has 9 heteroatoms. The maximum absolute atomic E-state index is 12.8. The number of anilines is 1. The molecule has 0 unspecified atom stereocenters. The molecule has 2 N–H and O–H groups in total. The second kappa shape index (κ2) is 5.53. The number of aromatic nitrogens is 4. The van der Waals surface area contributed by atoms with Crippen LogP contribution in [-0.2, 0) is 26.3 Å². The lowest BCUT2D eigenvalue weighted by molar-refractivity contribution is -0.144. The molecule has 2 aromatic rings. The van der Waals surface area contributed by atoms with Gasteiger partial charge in [0.05, 0.1) is 19.3 Å². The van der Waals surface area contributed by atoms with Crippen LogP contribution in [0.1, 0.15) is 11.3 Å². The summed E-state index contributed by atoms with van der Waals surface area (Å²) in [6.07, 6.45) is -1.63. The van der Waals surface area contributed by atoms with Gasteiger partial charge in [0.2, 0.25) is 0 Å². The van der Waals surface area contributed by atoms with Crippen molar-refractivity contribution in [3.05, 3.63) is 29.7 Å². The molecule has 2 rings (SSSR count). The smallest absolute Gasteiger partial charge is 0.394 e. The minimum atomic E-state index is -4.45. The molecule has 0 amide bonds. The van der Waals surface area contributed by atoms with Crippen LogP contribution in [0.3, 0.4) is 0 Å². The molecule has 2 aromatic heterocycles. The highest BCUT2D eigenvalue weighted by atomic mass is 19.4. The van der Waals surface area contributed by atoms with Crippen molar-refractivity contribution in [2.45, 2.75) is 19.3 Å². The molecule has 0 spiro atoms. The summed E-state index contributed by atoms with van der Waals surface area (Å²) in [5, 5.41) is 19.2. The second-order valence-corrected chi connectivity index (χ2v) is 4.18. The molecule has 0 bridgehead atoms. The number of aryl methyl sites for hydroxylation is 1. The quantitative estimate of drug-likeness (QED) is 0.869. The maximum atomic E-state index is 12.8. The van der Waals surface area contributed by atoms with Crippen LogP contribution >= 0.6 is 0 Å². The van der Waals surface area contributed by atoms with E-state index in [1.54, 1.807) is 12.3 Å². The Balaban J connectivity index is 2.07. The first-order chi connectivity index (χ1) is 9.41. The third-order valence-electron chi connectivity index (χ3n) is 2.71. The fourth-order valence-electron chi connectivity index (χ4n) is 1.85. The van der Waals surface area contributed by atoms with Gasteiger partial charge in [-0.05, 0) is 0 Å². The van der Waals surface area contributed by atoms with Crippen LogP contribution in [0.2, 0.25) is 0 Å². The van der Waals surface area contributed by atoms with Crippen molar-refractivity contribution >= 4 is 5.82 Å². The van der Waals surface area contributed by atoms with Crippen molar-refractivity contribution in [1.29, 1.82) is 0 Å². The number of hydrogen-bond acceptors (Lipinski definition) is 4. The van der Waals surface area contributed by atoms with Crippen molar-refractivity contribution in [1.82, 2.24) is 19.6 Å². The first-order valence-corrected chi connectivity index (χ1v) is 5.88. The number of halogens is 3. The molecular weight excluding hydrogens is 275 g/mol. The molecule has 6 nitrogen and oxygen atoms in total. The Morgan fingerprint density at radius 3 is 2.80 bits per heavy atom. The SMILES string of the molecule is Cn1ncc(CNc2ccn(CCO)n2)c1C(F)(F)F. The maximum Gasteiger partial charge on any atom is 0.433 e. The van der Waals surface area contributed by atoms with Crippen LogP contribution < -0.4 is 5.32 Å². The predicted molar refractivity (Wildman–Crippen MR) is 64.8 cm³/mol. The summed E-state index contributed by atoms with van der Waals surface area (Å²) in [5.41, 5.74) is -0.725. The van der Waals surface area contributed by atoms with Gasteiger partial charge in [0, 0.05) is 31.4 Å². The lowest BCUT2D eigenvalue weighted by Crippen LogP contribution is -2.15. The van der Waals surface area contributed by atoms with Gasteiger partial charge >= 0.3 is 6.18 Å². The van der Waals surface area contributed by atoms with Crippen LogP contribution in [0.15, 0.2) is 18.5 Å². The molecule has 0 fully saturated rings. The molecular formula is C11H14F3N5O. The monoisotopic (exact) mass is 289 g/mol. The zero-order valence-corrected chi connectivity index (χ0v) is 10.7. The van der Waals surface area contributed by atoms with Gasteiger partial charge in [0.1, 0.15) is 11.5 Å². The van der Waals surface area contributed by atoms with E-state index in [9.17, 15) is 13.2 Å². The number of aliphatic hydroxyl groups excluding tert-OH is 1. The van der Waals surface area contributed by atoms with Crippen LogP contribution in [0.4, 0.5) is 19.0 Å². The molecule has 0 atom stereocenters. The van der Waals surface area contributed by atoms with E-state index in [0.717, 1.165) is 4.68 Å². The van der Waals surface area contributed by atoms with E-state index in [0.29, 0.717) is 12.4 Å². The van der Waals surface area contributed by atoms with Gasteiger partial charge in [-0.1, -0.05) is 0 Å². The van der Waals surface area contributed by atoms with Crippen LogP contribution in [0.5, 0.6) is 0 Å². The van der Waals surface area contributed by atoms with Crippen molar-refractivity contribution in [3.63, 3.8) is 0 Å². The average Bonchev–Trinajstić information content (AvgIpc) is 2.93. The van der Waals surface area contributed by atoms with Gasteiger partial charge in [-0.25, -0.2) is 0 Å². The number of nitrogens with one attached hydrogen (secondary N) is 1. The molecule has 0 saturated carbocycles. The van der Waals surface area contributed by atoms with Crippen molar-refractivity contribution < 1.29 is 18.3 Å². The van der Waals surface area contributed by atoms with E-state index in [-0.39, 0.29) is 18.7 Å². The lowest BCUT2D eigenvalue weighted by Gasteiger charge is -2.10. The van der Waals surface area contributed by atoms with Crippen LogP contribution in [0, 0.1) is 0 Å². The van der Waals surface area contributed by atoms with Gasteiger partial charge in [-0.15, -0.1) is 0 Å². The lowest BCUT2D eigenvalue weighted by atomic mass is 10.2. The van der Waals surface area contributed by atoms with Crippen LogP contribution in [-0.4, -0.2) is 31.3 Å². The number of aliphatic hydroxyl groups is 1. The third-order valence-corrected chi connectivity index (χ3v) is 2.71. The number of rotatable bonds is 5. The minimum Gasteiger partial charge on any atom is -0.394 e. The Bertz CT molecular complexity index is 575. The highest BCUT2D eigenvalue weighted by molar-refractivity contribution is 5.35. The molecule has 0 saturated heterocycles. The van der Waals surface area contributed by atoms with E-state index in [1.807, 2.05) is 0 Å². The molecule has 110 valence electrons. The summed E-state index contributed by atoms with van der Waals surface area (Å²) in [7, 11) is 1.25. The van der Waals surface area contributed by atoms with Gasteiger partial charge in [-0.3, -0.25) is 9.36 Å². The molecule has 0 aliphatic rings. The number of alkyl halides is 3. The first kappa shape index (κ1) is 14.4. The van der Waals surface area contributed by atoms with E-state index in [1.165, 1.54) is 17.9 Å². The normalized spacial score (nSPS) is 11.8. The van der Waals surface area contributed by atoms with Gasteiger partial charge < -0.3 is 10.4 Å². The molecule has 2 heterocycles. The Morgan fingerprint density at radius 1 is 1.40 bits per heavy atom. The van der Waals surface area contributed by atoms with Crippen molar-refractivity contribution in [2.75, 3.05) is 11.9 Å².